The molecule has 0 saturated carbocycles. The van der Waals surface area contributed by atoms with E-state index in [1.807, 2.05) is 37.3 Å². The van der Waals surface area contributed by atoms with Crippen LogP contribution in [0.5, 0.6) is 0 Å². The van der Waals surface area contributed by atoms with Crippen molar-refractivity contribution in [2.24, 2.45) is 5.92 Å². The summed E-state index contributed by atoms with van der Waals surface area (Å²) in [4.78, 5) is 23.4. The summed E-state index contributed by atoms with van der Waals surface area (Å²) in [7, 11) is 1.33. The molecule has 0 aromatic heterocycles. The molecule has 1 amide bonds. The van der Waals surface area contributed by atoms with E-state index < -0.39 is 23.8 Å². The predicted octanol–water partition coefficient (Wildman–Crippen LogP) is 3.24. The first kappa shape index (κ1) is 22.7. The summed E-state index contributed by atoms with van der Waals surface area (Å²) in [5.74, 6) is -0.626. The van der Waals surface area contributed by atoms with Crippen LogP contribution in [0.25, 0.3) is 0 Å². The zero-order valence-corrected chi connectivity index (χ0v) is 16.8. The molecule has 0 unspecified atom stereocenters. The third-order valence-electron chi connectivity index (χ3n) is 3.90. The molecule has 150 valence electrons. The number of rotatable bonds is 8. The molecule has 1 aromatic rings. The van der Waals surface area contributed by atoms with E-state index in [2.05, 4.69) is 10.1 Å². The molecule has 0 spiro atoms. The average molecular weight is 377 g/mol. The summed E-state index contributed by atoms with van der Waals surface area (Å²) in [5.41, 5.74) is 0.363. The molecule has 0 heterocycles. The monoisotopic (exact) mass is 377 g/mol. The van der Waals surface area contributed by atoms with Gasteiger partial charge in [-0.15, -0.1) is 0 Å². The Morgan fingerprint density at radius 3 is 2.41 bits per heavy atom. The third kappa shape index (κ3) is 9.24. The van der Waals surface area contributed by atoms with Crippen molar-refractivity contribution in [1.82, 2.24) is 5.32 Å². The molecule has 0 aliphatic heterocycles. The molecule has 0 radical (unpaired) electrons. The highest BCUT2D eigenvalue weighted by atomic mass is 16.6. The van der Waals surface area contributed by atoms with Crippen molar-refractivity contribution >= 4 is 12.1 Å². The highest BCUT2D eigenvalue weighted by molar-refractivity contribution is 5.70. The highest BCUT2D eigenvalue weighted by Gasteiger charge is 2.27. The largest absolute Gasteiger partial charge is 0.469 e. The van der Waals surface area contributed by atoms with Gasteiger partial charge in [0.25, 0.3) is 0 Å². The molecule has 1 aromatic carbocycles. The molecule has 3 atom stereocenters. The van der Waals surface area contributed by atoms with Crippen LogP contribution in [-0.4, -0.2) is 42.0 Å². The number of ether oxygens (including phenoxy) is 2. The number of nitrogens with one attached hydrogen (secondary N) is 1. The second kappa shape index (κ2) is 10.7. The molecule has 6 nitrogen and oxygen atoms in total. The third-order valence-corrected chi connectivity index (χ3v) is 3.90. The molecule has 0 saturated heterocycles. The fraction of sp³-hybridized carbons (Fsp3) is 0.524. The van der Waals surface area contributed by atoms with Gasteiger partial charge in [0.15, 0.2) is 0 Å². The number of esters is 1. The van der Waals surface area contributed by atoms with Crippen molar-refractivity contribution in [2.45, 2.75) is 58.3 Å². The SMILES string of the molecule is COC(=O)C/C=C/[C@@H](C)[C@@H](O)[C@H](Cc1ccccc1)NC(=O)OC(C)(C)C. The molecule has 0 aliphatic rings. The number of hydrogen-bond donors (Lipinski definition) is 2. The summed E-state index contributed by atoms with van der Waals surface area (Å²) in [6.07, 6.45) is 2.57. The average Bonchev–Trinajstić information content (AvgIpc) is 2.59. The molecular formula is C21H31NO5. The molecule has 1 rings (SSSR count). The lowest BCUT2D eigenvalue weighted by Crippen LogP contribution is -2.48. The van der Waals surface area contributed by atoms with Crippen LogP contribution >= 0.6 is 0 Å². The van der Waals surface area contributed by atoms with Gasteiger partial charge in [-0.2, -0.15) is 0 Å². The van der Waals surface area contributed by atoms with Gasteiger partial charge in [-0.1, -0.05) is 49.4 Å². The summed E-state index contributed by atoms with van der Waals surface area (Å²) in [6, 6.07) is 9.06. The Labute approximate surface area is 161 Å². The zero-order chi connectivity index (χ0) is 20.4. The molecular weight excluding hydrogens is 346 g/mol. The minimum Gasteiger partial charge on any atom is -0.469 e. The van der Waals surface area contributed by atoms with Crippen molar-refractivity contribution < 1.29 is 24.2 Å². The lowest BCUT2D eigenvalue weighted by atomic mass is 9.92. The van der Waals surface area contributed by atoms with Crippen LogP contribution in [0.2, 0.25) is 0 Å². The Balaban J connectivity index is 2.84. The van der Waals surface area contributed by atoms with Crippen molar-refractivity contribution in [3.05, 3.63) is 48.0 Å². The van der Waals surface area contributed by atoms with Crippen LogP contribution in [0, 0.1) is 5.92 Å². The Bertz CT molecular complexity index is 621. The Morgan fingerprint density at radius 2 is 1.85 bits per heavy atom. The number of carbonyl (C=O) groups excluding carboxylic acids is 2. The van der Waals surface area contributed by atoms with Crippen molar-refractivity contribution in [3.63, 3.8) is 0 Å². The van der Waals surface area contributed by atoms with Gasteiger partial charge in [0.2, 0.25) is 0 Å². The van der Waals surface area contributed by atoms with E-state index in [-0.39, 0.29) is 18.3 Å². The Morgan fingerprint density at radius 1 is 1.22 bits per heavy atom. The van der Waals surface area contributed by atoms with Gasteiger partial charge in [0.05, 0.1) is 25.7 Å². The van der Waals surface area contributed by atoms with Crippen molar-refractivity contribution in [1.29, 1.82) is 0 Å². The van der Waals surface area contributed by atoms with Gasteiger partial charge in [-0.25, -0.2) is 4.79 Å². The first-order valence-electron chi connectivity index (χ1n) is 9.07. The van der Waals surface area contributed by atoms with E-state index in [1.165, 1.54) is 7.11 Å². The number of methoxy groups -OCH3 is 1. The maximum atomic E-state index is 12.2. The summed E-state index contributed by atoms with van der Waals surface area (Å²) in [5, 5.41) is 13.5. The number of hydrogen-bond acceptors (Lipinski definition) is 5. The van der Waals surface area contributed by atoms with Gasteiger partial charge < -0.3 is 19.9 Å². The molecule has 0 bridgehead atoms. The standard InChI is InChI=1S/C21H31NO5/c1-15(10-9-13-18(23)26-5)19(24)17(14-16-11-7-6-8-12-16)22-20(25)27-21(2,3)4/h6-12,15,17,19,24H,13-14H2,1-5H3,(H,22,25)/b10-9+/t15-,17+,19-/m1/s1. The van der Waals surface area contributed by atoms with Crippen molar-refractivity contribution in [3.8, 4) is 0 Å². The van der Waals surface area contributed by atoms with Crippen LogP contribution in [-0.2, 0) is 20.7 Å². The van der Waals surface area contributed by atoms with E-state index >= 15 is 0 Å². The summed E-state index contributed by atoms with van der Waals surface area (Å²) < 4.78 is 9.91. The summed E-state index contributed by atoms with van der Waals surface area (Å²) in [6.45, 7) is 7.18. The number of alkyl carbamates (subject to hydrolysis) is 1. The smallest absolute Gasteiger partial charge is 0.407 e. The van der Waals surface area contributed by atoms with E-state index in [1.54, 1.807) is 32.9 Å². The van der Waals surface area contributed by atoms with Crippen LogP contribution < -0.4 is 5.32 Å². The maximum absolute atomic E-state index is 12.2. The van der Waals surface area contributed by atoms with E-state index in [0.29, 0.717) is 6.42 Å². The van der Waals surface area contributed by atoms with Crippen LogP contribution in [0.3, 0.4) is 0 Å². The number of amides is 1. The lowest BCUT2D eigenvalue weighted by Gasteiger charge is -2.29. The first-order valence-corrected chi connectivity index (χ1v) is 9.07. The predicted molar refractivity (Wildman–Crippen MR) is 104 cm³/mol. The normalized spacial score (nSPS) is 15.0. The van der Waals surface area contributed by atoms with Gasteiger partial charge in [0, 0.05) is 5.92 Å². The van der Waals surface area contributed by atoms with Gasteiger partial charge >= 0.3 is 12.1 Å². The van der Waals surface area contributed by atoms with Gasteiger partial charge in [-0.05, 0) is 32.8 Å². The zero-order valence-electron chi connectivity index (χ0n) is 16.8. The number of benzene rings is 1. The van der Waals surface area contributed by atoms with Crippen LogP contribution in [0.1, 0.15) is 39.7 Å². The second-order valence-electron chi connectivity index (χ2n) is 7.50. The fourth-order valence-electron chi connectivity index (χ4n) is 2.53. The Hall–Kier alpha value is -2.34. The molecule has 2 N–H and O–H groups in total. The molecule has 6 heteroatoms. The number of aliphatic hydroxyl groups excluding tert-OH is 1. The minimum absolute atomic E-state index is 0.135. The van der Waals surface area contributed by atoms with E-state index in [0.717, 1.165) is 5.56 Å². The summed E-state index contributed by atoms with van der Waals surface area (Å²) >= 11 is 0. The number of aliphatic hydroxyl groups is 1. The maximum Gasteiger partial charge on any atom is 0.407 e. The van der Waals surface area contributed by atoms with Gasteiger partial charge in [-0.3, -0.25) is 4.79 Å². The first-order chi connectivity index (χ1) is 12.6. The van der Waals surface area contributed by atoms with E-state index in [4.69, 9.17) is 4.74 Å². The van der Waals surface area contributed by atoms with Gasteiger partial charge in [0.1, 0.15) is 5.60 Å². The van der Waals surface area contributed by atoms with Crippen LogP contribution in [0.4, 0.5) is 4.79 Å². The van der Waals surface area contributed by atoms with E-state index in [9.17, 15) is 14.7 Å². The van der Waals surface area contributed by atoms with Crippen molar-refractivity contribution in [2.75, 3.05) is 7.11 Å². The second-order valence-corrected chi connectivity index (χ2v) is 7.50. The molecule has 0 fully saturated rings. The molecule has 27 heavy (non-hydrogen) atoms. The minimum atomic E-state index is -0.855. The van der Waals surface area contributed by atoms with Crippen LogP contribution in [0.15, 0.2) is 42.5 Å². The topological polar surface area (TPSA) is 84.9 Å². The lowest BCUT2D eigenvalue weighted by molar-refractivity contribution is -0.139. The number of carbonyl (C=O) groups is 2. The quantitative estimate of drug-likeness (QED) is 0.537. The fourth-order valence-corrected chi connectivity index (χ4v) is 2.53. The highest BCUT2D eigenvalue weighted by Crippen LogP contribution is 2.16. The molecule has 0 aliphatic carbocycles. The Kier molecular flexibility index (Phi) is 9.02.